The molecule has 6 heteroatoms. The van der Waals surface area contributed by atoms with Crippen LogP contribution in [0, 0.1) is 5.82 Å². The molecule has 1 heterocycles. The number of carbonyl (C=O) groups excluding carboxylic acids is 1. The summed E-state index contributed by atoms with van der Waals surface area (Å²) in [4.78, 5) is 12.2. The van der Waals surface area contributed by atoms with E-state index in [0.29, 0.717) is 16.3 Å². The molecule has 0 aliphatic heterocycles. The highest BCUT2D eigenvalue weighted by Crippen LogP contribution is 2.23. The fourth-order valence-corrected chi connectivity index (χ4v) is 3.02. The first-order valence-corrected chi connectivity index (χ1v) is 8.38. The van der Waals surface area contributed by atoms with Crippen LogP contribution in [0.3, 0.4) is 0 Å². The summed E-state index contributed by atoms with van der Waals surface area (Å²) < 4.78 is 18.0. The Kier molecular flexibility index (Phi) is 5.20. The van der Waals surface area contributed by atoms with Crippen molar-refractivity contribution < 1.29 is 13.9 Å². The lowest BCUT2D eigenvalue weighted by Crippen LogP contribution is -2.08. The number of nitrogens with zero attached hydrogens (tertiary/aromatic N) is 1. The van der Waals surface area contributed by atoms with E-state index in [0.717, 1.165) is 11.1 Å². The number of hydrazone groups is 1. The Morgan fingerprint density at radius 3 is 2.40 bits per heavy atom. The molecule has 0 saturated carbocycles. The number of benzene rings is 2. The third-order valence-corrected chi connectivity index (χ3v) is 4.38. The Hall–Kier alpha value is -2.99. The molecule has 0 atom stereocenters. The number of methoxy groups -OCH3 is 1. The lowest BCUT2D eigenvalue weighted by atomic mass is 10.0. The highest BCUT2D eigenvalue weighted by Gasteiger charge is 2.14. The third kappa shape index (κ3) is 3.92. The van der Waals surface area contributed by atoms with Gasteiger partial charge in [0.15, 0.2) is 0 Å². The van der Waals surface area contributed by atoms with Crippen LogP contribution in [-0.2, 0) is 4.74 Å². The molecular formula is C19H15FN2O2S. The Morgan fingerprint density at radius 2 is 1.72 bits per heavy atom. The Bertz CT molecular complexity index is 889. The molecule has 2 aromatic carbocycles. The van der Waals surface area contributed by atoms with E-state index >= 15 is 0 Å². The number of hydrogen-bond acceptors (Lipinski definition) is 5. The lowest BCUT2D eigenvalue weighted by molar-refractivity contribution is 0.0607. The van der Waals surface area contributed by atoms with Gasteiger partial charge in [0.05, 0.1) is 18.5 Å². The summed E-state index contributed by atoms with van der Waals surface area (Å²) in [7, 11) is 1.34. The molecule has 0 radical (unpaired) electrons. The Balaban J connectivity index is 1.98. The van der Waals surface area contributed by atoms with Gasteiger partial charge in [-0.05, 0) is 35.7 Å². The van der Waals surface area contributed by atoms with Crippen LogP contribution in [0.15, 0.2) is 71.1 Å². The number of carbonyl (C=O) groups is 1. The van der Waals surface area contributed by atoms with Gasteiger partial charge < -0.3 is 4.74 Å². The van der Waals surface area contributed by atoms with Gasteiger partial charge in [0.25, 0.3) is 0 Å². The summed E-state index contributed by atoms with van der Waals surface area (Å²) in [6.45, 7) is 0. The topological polar surface area (TPSA) is 50.7 Å². The molecule has 1 aromatic heterocycles. The standard InChI is InChI=1S/C19H15FN2O2S/c1-24-19(23)18-16(11-12-25-18)21-22-17(13-5-3-2-4-6-13)14-7-9-15(20)10-8-14/h2-12,21H,1H3. The van der Waals surface area contributed by atoms with Crippen molar-refractivity contribution >= 4 is 28.7 Å². The van der Waals surface area contributed by atoms with E-state index in [-0.39, 0.29) is 5.82 Å². The second-order valence-electron chi connectivity index (χ2n) is 5.10. The van der Waals surface area contributed by atoms with E-state index in [1.54, 1.807) is 23.6 Å². The normalized spacial score (nSPS) is 11.2. The molecule has 0 amide bonds. The number of hydrogen-bond donors (Lipinski definition) is 1. The number of esters is 1. The summed E-state index contributed by atoms with van der Waals surface area (Å²) >= 11 is 1.27. The van der Waals surface area contributed by atoms with E-state index in [1.165, 1.54) is 30.6 Å². The summed E-state index contributed by atoms with van der Waals surface area (Å²) in [6.07, 6.45) is 0. The van der Waals surface area contributed by atoms with Crippen LogP contribution in [0.1, 0.15) is 20.8 Å². The predicted molar refractivity (Wildman–Crippen MR) is 97.8 cm³/mol. The largest absolute Gasteiger partial charge is 0.465 e. The van der Waals surface area contributed by atoms with Crippen LogP contribution in [0.4, 0.5) is 10.1 Å². The molecule has 4 nitrogen and oxygen atoms in total. The SMILES string of the molecule is COC(=O)c1sccc1NN=C(c1ccccc1)c1ccc(F)cc1. The van der Waals surface area contributed by atoms with Crippen molar-refractivity contribution in [1.29, 1.82) is 0 Å². The van der Waals surface area contributed by atoms with Crippen molar-refractivity contribution in [2.45, 2.75) is 0 Å². The van der Waals surface area contributed by atoms with Gasteiger partial charge in [-0.15, -0.1) is 11.3 Å². The molecule has 0 aliphatic rings. The number of ether oxygens (including phenoxy) is 1. The van der Waals surface area contributed by atoms with E-state index < -0.39 is 5.97 Å². The molecule has 0 spiro atoms. The first kappa shape index (κ1) is 16.9. The van der Waals surface area contributed by atoms with Crippen molar-refractivity contribution in [3.8, 4) is 0 Å². The summed E-state index contributed by atoms with van der Waals surface area (Å²) in [5.74, 6) is -0.731. The molecule has 126 valence electrons. The quantitative estimate of drug-likeness (QED) is 0.416. The van der Waals surface area contributed by atoms with Gasteiger partial charge in [-0.2, -0.15) is 5.10 Å². The zero-order valence-corrected chi connectivity index (χ0v) is 14.2. The van der Waals surface area contributed by atoms with Gasteiger partial charge in [0.1, 0.15) is 10.7 Å². The van der Waals surface area contributed by atoms with Crippen LogP contribution in [0.25, 0.3) is 0 Å². The fraction of sp³-hybridized carbons (Fsp3) is 0.0526. The monoisotopic (exact) mass is 354 g/mol. The average molecular weight is 354 g/mol. The zero-order valence-electron chi connectivity index (χ0n) is 13.4. The lowest BCUT2D eigenvalue weighted by Gasteiger charge is -2.09. The Morgan fingerprint density at radius 1 is 1.04 bits per heavy atom. The molecule has 0 saturated heterocycles. The number of thiophene rings is 1. The van der Waals surface area contributed by atoms with Crippen LogP contribution in [-0.4, -0.2) is 18.8 Å². The van der Waals surface area contributed by atoms with Gasteiger partial charge in [-0.25, -0.2) is 9.18 Å². The Labute approximate surface area is 148 Å². The predicted octanol–water partition coefficient (Wildman–Crippen LogP) is 4.54. The second kappa shape index (κ2) is 7.72. The minimum absolute atomic E-state index is 0.310. The smallest absolute Gasteiger partial charge is 0.350 e. The molecule has 25 heavy (non-hydrogen) atoms. The maximum atomic E-state index is 13.2. The van der Waals surface area contributed by atoms with Gasteiger partial charge in [0, 0.05) is 11.1 Å². The third-order valence-electron chi connectivity index (χ3n) is 3.49. The molecule has 3 aromatic rings. The molecule has 3 rings (SSSR count). The maximum absolute atomic E-state index is 13.2. The second-order valence-corrected chi connectivity index (χ2v) is 6.02. The van der Waals surface area contributed by atoms with E-state index in [4.69, 9.17) is 4.74 Å². The van der Waals surface area contributed by atoms with Crippen LogP contribution < -0.4 is 5.43 Å². The highest BCUT2D eigenvalue weighted by atomic mass is 32.1. The number of anilines is 1. The first-order valence-electron chi connectivity index (χ1n) is 7.50. The van der Waals surface area contributed by atoms with Crippen molar-refractivity contribution in [3.05, 3.63) is 87.9 Å². The summed E-state index contributed by atoms with van der Waals surface area (Å²) in [5.41, 5.74) is 5.76. The highest BCUT2D eigenvalue weighted by molar-refractivity contribution is 7.12. The number of halogens is 1. The number of nitrogens with one attached hydrogen (secondary N) is 1. The van der Waals surface area contributed by atoms with Crippen LogP contribution in [0.2, 0.25) is 0 Å². The first-order chi connectivity index (χ1) is 12.2. The van der Waals surface area contributed by atoms with Crippen LogP contribution in [0.5, 0.6) is 0 Å². The van der Waals surface area contributed by atoms with Gasteiger partial charge in [-0.1, -0.05) is 30.3 Å². The summed E-state index contributed by atoms with van der Waals surface area (Å²) in [6, 6.07) is 17.4. The molecule has 0 bridgehead atoms. The minimum Gasteiger partial charge on any atom is -0.465 e. The summed E-state index contributed by atoms with van der Waals surface area (Å²) in [5, 5.41) is 6.24. The van der Waals surface area contributed by atoms with Gasteiger partial charge >= 0.3 is 5.97 Å². The van der Waals surface area contributed by atoms with E-state index in [1.807, 2.05) is 30.3 Å². The maximum Gasteiger partial charge on any atom is 0.350 e. The van der Waals surface area contributed by atoms with Crippen molar-refractivity contribution in [2.75, 3.05) is 12.5 Å². The van der Waals surface area contributed by atoms with Crippen molar-refractivity contribution in [2.24, 2.45) is 5.10 Å². The fourth-order valence-electron chi connectivity index (χ4n) is 2.26. The minimum atomic E-state index is -0.421. The molecule has 0 aliphatic carbocycles. The van der Waals surface area contributed by atoms with Crippen molar-refractivity contribution in [3.63, 3.8) is 0 Å². The van der Waals surface area contributed by atoms with Crippen molar-refractivity contribution in [1.82, 2.24) is 0 Å². The molecule has 1 N–H and O–H groups in total. The van der Waals surface area contributed by atoms with Gasteiger partial charge in [0.2, 0.25) is 0 Å². The van der Waals surface area contributed by atoms with E-state index in [9.17, 15) is 9.18 Å². The average Bonchev–Trinajstić information content (AvgIpc) is 3.12. The molecule has 0 fully saturated rings. The van der Waals surface area contributed by atoms with E-state index in [2.05, 4.69) is 10.5 Å². The van der Waals surface area contributed by atoms with Gasteiger partial charge in [-0.3, -0.25) is 5.43 Å². The number of rotatable bonds is 5. The molecule has 0 unspecified atom stereocenters. The van der Waals surface area contributed by atoms with Crippen LogP contribution >= 0.6 is 11.3 Å². The molecular weight excluding hydrogens is 339 g/mol. The zero-order chi connectivity index (χ0) is 17.6.